The molecule has 3 N–H and O–H groups in total. The van der Waals surface area contributed by atoms with E-state index in [1.54, 1.807) is 4.90 Å². The molecule has 0 bridgehead atoms. The summed E-state index contributed by atoms with van der Waals surface area (Å²) in [7, 11) is 0. The number of hydrogen-bond acceptors (Lipinski definition) is 4. The van der Waals surface area contributed by atoms with E-state index in [0.29, 0.717) is 25.2 Å². The number of hydrogen-bond donors (Lipinski definition) is 2. The van der Waals surface area contributed by atoms with E-state index in [1.165, 1.54) is 0 Å². The molecule has 1 aliphatic rings. The molecule has 7 heteroatoms. The van der Waals surface area contributed by atoms with Gasteiger partial charge in [-0.3, -0.25) is 9.59 Å². The minimum atomic E-state index is -0.608. The van der Waals surface area contributed by atoms with Crippen LogP contribution in [0.5, 0.6) is 0 Å². The number of ether oxygens (including phenoxy) is 1. The van der Waals surface area contributed by atoms with E-state index in [-0.39, 0.29) is 37.4 Å². The molecule has 1 aliphatic heterocycles. The number of nitrogens with two attached hydrogens (primary N) is 1. The predicted molar refractivity (Wildman–Crippen MR) is 106 cm³/mol. The number of carbonyl (C=O) groups is 2. The number of nitrogen functional groups attached to an aromatic ring is 1. The highest BCUT2D eigenvalue weighted by atomic mass is 35.5. The van der Waals surface area contributed by atoms with Crippen LogP contribution >= 0.6 is 12.4 Å². The summed E-state index contributed by atoms with van der Waals surface area (Å²) in [4.78, 5) is 26.4. The Hall–Kier alpha value is -2.57. The quantitative estimate of drug-likeness (QED) is 0.737. The Balaban J connectivity index is 0.00000261. The zero-order chi connectivity index (χ0) is 18.4. The Morgan fingerprint density at radius 1 is 1.11 bits per heavy atom. The highest BCUT2D eigenvalue weighted by Gasteiger charge is 2.33. The number of benzene rings is 2. The van der Waals surface area contributed by atoms with Gasteiger partial charge in [0.25, 0.3) is 0 Å². The Kier molecular flexibility index (Phi) is 7.64. The zero-order valence-corrected chi connectivity index (χ0v) is 15.8. The minimum Gasteiger partial charge on any atom is -0.399 e. The van der Waals surface area contributed by atoms with E-state index in [0.717, 1.165) is 11.1 Å². The first kappa shape index (κ1) is 20.7. The van der Waals surface area contributed by atoms with Crippen LogP contribution in [0.1, 0.15) is 11.1 Å². The normalized spacial score (nSPS) is 16.5. The molecule has 3 rings (SSSR count). The Labute approximate surface area is 165 Å². The van der Waals surface area contributed by atoms with E-state index >= 15 is 0 Å². The molecule has 0 unspecified atom stereocenters. The zero-order valence-electron chi connectivity index (χ0n) is 15.0. The first-order valence-electron chi connectivity index (χ1n) is 8.67. The fourth-order valence-electron chi connectivity index (χ4n) is 2.93. The molecule has 0 saturated carbocycles. The van der Waals surface area contributed by atoms with Gasteiger partial charge in [0, 0.05) is 18.8 Å². The molecular formula is C20H24ClN3O3. The lowest BCUT2D eigenvalue weighted by Gasteiger charge is -2.34. The molecule has 1 heterocycles. The summed E-state index contributed by atoms with van der Waals surface area (Å²) < 4.78 is 5.30. The van der Waals surface area contributed by atoms with Crippen molar-refractivity contribution in [2.75, 3.05) is 25.5 Å². The van der Waals surface area contributed by atoms with Gasteiger partial charge in [0.1, 0.15) is 12.6 Å². The number of nitrogens with one attached hydrogen (secondary N) is 1. The average Bonchev–Trinajstić information content (AvgIpc) is 2.66. The molecule has 0 spiro atoms. The second-order valence-corrected chi connectivity index (χ2v) is 6.32. The van der Waals surface area contributed by atoms with Gasteiger partial charge in [-0.1, -0.05) is 42.5 Å². The van der Waals surface area contributed by atoms with Crippen LogP contribution < -0.4 is 11.1 Å². The molecule has 144 valence electrons. The Morgan fingerprint density at radius 2 is 1.81 bits per heavy atom. The predicted octanol–water partition coefficient (Wildman–Crippen LogP) is 1.78. The largest absolute Gasteiger partial charge is 0.399 e. The summed E-state index contributed by atoms with van der Waals surface area (Å²) in [5.74, 6) is -0.358. The van der Waals surface area contributed by atoms with Gasteiger partial charge in [-0.05, 0) is 29.7 Å². The first-order valence-corrected chi connectivity index (χ1v) is 8.67. The third-order valence-electron chi connectivity index (χ3n) is 4.39. The van der Waals surface area contributed by atoms with Crippen LogP contribution in [-0.4, -0.2) is 42.5 Å². The van der Waals surface area contributed by atoms with Crippen molar-refractivity contribution in [3.8, 4) is 0 Å². The monoisotopic (exact) mass is 389 g/mol. The summed E-state index contributed by atoms with van der Waals surface area (Å²) in [5, 5.41) is 2.91. The second-order valence-electron chi connectivity index (χ2n) is 6.32. The third kappa shape index (κ3) is 5.70. The summed E-state index contributed by atoms with van der Waals surface area (Å²) >= 11 is 0. The molecule has 1 fully saturated rings. The number of morpholine rings is 1. The highest BCUT2D eigenvalue weighted by molar-refractivity contribution is 5.89. The van der Waals surface area contributed by atoms with Gasteiger partial charge in [0.15, 0.2) is 0 Å². The van der Waals surface area contributed by atoms with Crippen LogP contribution in [0.15, 0.2) is 54.6 Å². The first-order chi connectivity index (χ1) is 12.6. The third-order valence-corrected chi connectivity index (χ3v) is 4.39. The topological polar surface area (TPSA) is 84.7 Å². The van der Waals surface area contributed by atoms with Crippen molar-refractivity contribution >= 4 is 29.9 Å². The molecule has 6 nitrogen and oxygen atoms in total. The van der Waals surface area contributed by atoms with Crippen LogP contribution in [0, 0.1) is 0 Å². The van der Waals surface area contributed by atoms with Crippen LogP contribution in [0.2, 0.25) is 0 Å². The van der Waals surface area contributed by atoms with Crippen molar-refractivity contribution in [1.29, 1.82) is 0 Å². The van der Waals surface area contributed by atoms with E-state index < -0.39 is 6.04 Å². The average molecular weight is 390 g/mol. The lowest BCUT2D eigenvalue weighted by molar-refractivity contribution is -0.155. The van der Waals surface area contributed by atoms with Crippen LogP contribution in [-0.2, 0) is 27.3 Å². The smallest absolute Gasteiger partial charge is 0.249 e. The Morgan fingerprint density at radius 3 is 2.52 bits per heavy atom. The fraction of sp³-hybridized carbons (Fsp3) is 0.300. The number of nitrogens with zero attached hydrogens (tertiary/aromatic N) is 1. The van der Waals surface area contributed by atoms with Crippen molar-refractivity contribution in [2.24, 2.45) is 0 Å². The van der Waals surface area contributed by atoms with Crippen molar-refractivity contribution < 1.29 is 14.3 Å². The molecule has 0 aliphatic carbocycles. The highest BCUT2D eigenvalue weighted by Crippen LogP contribution is 2.14. The molecule has 0 aromatic heterocycles. The molecule has 1 atom stereocenters. The Bertz CT molecular complexity index is 753. The molecule has 0 radical (unpaired) electrons. The van der Waals surface area contributed by atoms with E-state index in [1.807, 2.05) is 54.6 Å². The van der Waals surface area contributed by atoms with E-state index in [9.17, 15) is 9.59 Å². The maximum atomic E-state index is 12.6. The molecule has 2 aromatic carbocycles. The summed E-state index contributed by atoms with van der Waals surface area (Å²) in [6.07, 6.45) is 0.701. The fourth-order valence-corrected chi connectivity index (χ4v) is 2.93. The van der Waals surface area contributed by atoms with Gasteiger partial charge in [-0.25, -0.2) is 0 Å². The number of anilines is 1. The summed E-state index contributed by atoms with van der Waals surface area (Å²) in [6, 6.07) is 16.6. The molecular weight excluding hydrogens is 366 g/mol. The van der Waals surface area contributed by atoms with Crippen LogP contribution in [0.4, 0.5) is 5.69 Å². The molecule has 27 heavy (non-hydrogen) atoms. The lowest BCUT2D eigenvalue weighted by Crippen LogP contribution is -2.56. The van der Waals surface area contributed by atoms with Gasteiger partial charge < -0.3 is 20.7 Å². The SMILES string of the molecule is Cl.Nc1ccc(CCNC(=O)[C@H]2COCC(=O)N2Cc2ccccc2)cc1. The van der Waals surface area contributed by atoms with Gasteiger partial charge >= 0.3 is 0 Å². The number of rotatable bonds is 6. The molecule has 1 saturated heterocycles. The number of halogens is 1. The lowest BCUT2D eigenvalue weighted by atomic mass is 10.1. The summed E-state index contributed by atoms with van der Waals surface area (Å²) in [6.45, 7) is 1.13. The van der Waals surface area contributed by atoms with Gasteiger partial charge in [-0.2, -0.15) is 0 Å². The maximum absolute atomic E-state index is 12.6. The van der Waals surface area contributed by atoms with Crippen LogP contribution in [0.25, 0.3) is 0 Å². The summed E-state index contributed by atoms with van der Waals surface area (Å²) in [5.41, 5.74) is 8.47. The number of carbonyl (C=O) groups excluding carboxylic acids is 2. The van der Waals surface area contributed by atoms with Gasteiger partial charge in [-0.15, -0.1) is 12.4 Å². The van der Waals surface area contributed by atoms with Crippen LogP contribution in [0.3, 0.4) is 0 Å². The van der Waals surface area contributed by atoms with E-state index in [2.05, 4.69) is 5.32 Å². The standard InChI is InChI=1S/C20H23N3O3.ClH/c21-17-8-6-15(7-9-17)10-11-22-20(25)18-13-26-14-19(24)23(18)12-16-4-2-1-3-5-16;/h1-9,18H,10-14,21H2,(H,22,25);1H/t18-;/m1./s1. The van der Waals surface area contributed by atoms with E-state index in [4.69, 9.17) is 10.5 Å². The van der Waals surface area contributed by atoms with Crippen molar-refractivity contribution in [1.82, 2.24) is 10.2 Å². The van der Waals surface area contributed by atoms with Crippen molar-refractivity contribution in [2.45, 2.75) is 19.0 Å². The molecule has 2 amide bonds. The van der Waals surface area contributed by atoms with Crippen molar-refractivity contribution in [3.05, 3.63) is 65.7 Å². The number of amides is 2. The maximum Gasteiger partial charge on any atom is 0.249 e. The van der Waals surface area contributed by atoms with Crippen molar-refractivity contribution in [3.63, 3.8) is 0 Å². The van der Waals surface area contributed by atoms with Gasteiger partial charge in [0.05, 0.1) is 6.61 Å². The van der Waals surface area contributed by atoms with Gasteiger partial charge in [0.2, 0.25) is 11.8 Å². The second kappa shape index (κ2) is 9.94. The minimum absolute atomic E-state index is 0. The molecule has 2 aromatic rings.